The summed E-state index contributed by atoms with van der Waals surface area (Å²) in [5.41, 5.74) is 12.8. The molecule has 27 heteroatoms. The molecule has 0 saturated heterocycles. The SMILES string of the molecule is CC(=O)C1=C(c2ccc(F)cc2)CCC1.CCOC(=O)C1=C(OS(=O)(=O)C(F)(F)F)CCC1.CCOC(=O)C1=C(c2ccc(F)cc2)CCC1.CCOC(=O)C1CCCC1=O.CN(C)/C=C/C(=O)C1=C(c2ccc(F)cc2)CCC1.CN(C)C(OC(C)(C)C)N(C)C.Nc1nccc(C2=C(c3ccc(F)cc3)CCC2)n1. The van der Waals surface area contributed by atoms with E-state index in [2.05, 4.69) is 39.7 Å². The lowest BCUT2D eigenvalue weighted by atomic mass is 9.99. The lowest BCUT2D eigenvalue weighted by molar-refractivity contribution is -0.179. The van der Waals surface area contributed by atoms with E-state index in [-0.39, 0.29) is 95.5 Å². The number of benzene rings is 4. The van der Waals surface area contributed by atoms with Crippen LogP contribution in [-0.4, -0.2) is 148 Å². The first-order chi connectivity index (χ1) is 52.4. The first-order valence-electron chi connectivity index (χ1n) is 37.1. The first-order valence-corrected chi connectivity index (χ1v) is 38.5. The number of carbonyl (C=O) groups excluding carboxylic acids is 6. The van der Waals surface area contributed by atoms with Crippen LogP contribution in [0.5, 0.6) is 0 Å². The highest BCUT2D eigenvalue weighted by Crippen LogP contribution is 2.41. The number of allylic oxidation sites excluding steroid dienone is 9. The molecule has 1 heterocycles. The zero-order chi connectivity index (χ0) is 82.3. The molecule has 6 aliphatic rings. The number of nitrogens with two attached hydrogens (primary N) is 1. The number of Topliss-reactive ketones (excluding diaryl/α,β-unsaturated/α-hetero) is 2. The summed E-state index contributed by atoms with van der Waals surface area (Å²) in [6.45, 7) is 13.7. The highest BCUT2D eigenvalue weighted by molar-refractivity contribution is 7.87. The van der Waals surface area contributed by atoms with Crippen molar-refractivity contribution in [3.63, 3.8) is 0 Å². The second kappa shape index (κ2) is 44.6. The molecule has 1 atom stereocenters. The van der Waals surface area contributed by atoms with Crippen molar-refractivity contribution in [2.45, 2.75) is 182 Å². The number of halogens is 7. The van der Waals surface area contributed by atoms with E-state index in [1.807, 2.05) is 75.2 Å². The molecular formula is C84H105F7N6O13S. The third-order valence-corrected chi connectivity index (χ3v) is 18.8. The maximum atomic E-state index is 13.0. The molecule has 1 fully saturated rings. The van der Waals surface area contributed by atoms with Gasteiger partial charge in [-0.05, 0) is 290 Å². The maximum absolute atomic E-state index is 13.0. The van der Waals surface area contributed by atoms with Gasteiger partial charge >= 0.3 is 33.5 Å². The van der Waals surface area contributed by atoms with Gasteiger partial charge in [-0.25, -0.2) is 37.1 Å². The van der Waals surface area contributed by atoms with E-state index in [1.54, 1.807) is 75.6 Å². The number of hydrogen-bond acceptors (Lipinski definition) is 19. The Bertz CT molecular complexity index is 4270. The fourth-order valence-corrected chi connectivity index (χ4v) is 13.4. The van der Waals surface area contributed by atoms with E-state index in [0.29, 0.717) is 32.5 Å². The summed E-state index contributed by atoms with van der Waals surface area (Å²) in [6.07, 6.45) is 18.7. The third kappa shape index (κ3) is 29.6. The minimum atomic E-state index is -5.73. The summed E-state index contributed by atoms with van der Waals surface area (Å²) < 4.78 is 134. The van der Waals surface area contributed by atoms with Crippen LogP contribution in [0.1, 0.15) is 192 Å². The Morgan fingerprint density at radius 2 is 0.928 bits per heavy atom. The minimum Gasteiger partial charge on any atom is -0.465 e. The van der Waals surface area contributed by atoms with Gasteiger partial charge in [0.1, 0.15) is 40.7 Å². The van der Waals surface area contributed by atoms with Gasteiger partial charge in [-0.2, -0.15) is 21.6 Å². The van der Waals surface area contributed by atoms with Crippen LogP contribution in [0.2, 0.25) is 0 Å². The second-order valence-electron chi connectivity index (χ2n) is 28.1. The molecule has 1 aromatic heterocycles. The molecule has 19 nitrogen and oxygen atoms in total. The summed E-state index contributed by atoms with van der Waals surface area (Å²) >= 11 is 0. The molecule has 0 spiro atoms. The molecule has 604 valence electrons. The molecular weight excluding hydrogens is 1470 g/mol. The number of ketones is 3. The predicted octanol–water partition coefficient (Wildman–Crippen LogP) is 17.4. The highest BCUT2D eigenvalue weighted by atomic mass is 32.2. The summed E-state index contributed by atoms with van der Waals surface area (Å²) in [4.78, 5) is 82.7. The molecule has 2 N–H and O–H groups in total. The van der Waals surface area contributed by atoms with Crippen molar-refractivity contribution in [3.05, 3.63) is 201 Å². The van der Waals surface area contributed by atoms with Crippen LogP contribution < -0.4 is 5.73 Å². The van der Waals surface area contributed by atoms with Gasteiger partial charge in [0.2, 0.25) is 5.95 Å². The van der Waals surface area contributed by atoms with E-state index in [9.17, 15) is 67.9 Å². The quantitative estimate of drug-likeness (QED) is 0.0111. The van der Waals surface area contributed by atoms with Crippen LogP contribution in [-0.2, 0) is 62.0 Å². The van der Waals surface area contributed by atoms with Crippen molar-refractivity contribution in [1.82, 2.24) is 24.7 Å². The molecule has 0 bridgehead atoms. The number of rotatable bonds is 20. The van der Waals surface area contributed by atoms with Gasteiger partial charge in [0.15, 0.2) is 17.9 Å². The monoisotopic (exact) mass is 1570 g/mol. The summed E-state index contributed by atoms with van der Waals surface area (Å²) in [5, 5.41) is 0. The number of nitrogen functional groups attached to an aromatic ring is 1. The van der Waals surface area contributed by atoms with Crippen LogP contribution in [0.3, 0.4) is 0 Å². The van der Waals surface area contributed by atoms with Gasteiger partial charge in [0, 0.05) is 56.6 Å². The highest BCUT2D eigenvalue weighted by Gasteiger charge is 2.49. The number of alkyl halides is 3. The van der Waals surface area contributed by atoms with E-state index in [0.717, 1.165) is 145 Å². The molecule has 5 aromatic rings. The Hall–Kier alpha value is -9.44. The van der Waals surface area contributed by atoms with Crippen LogP contribution in [0.25, 0.3) is 27.9 Å². The fraction of sp³-hybridized carbons (Fsp3) is 0.452. The van der Waals surface area contributed by atoms with E-state index >= 15 is 0 Å². The van der Waals surface area contributed by atoms with E-state index in [1.165, 1.54) is 66.6 Å². The Labute approximate surface area is 648 Å². The lowest BCUT2D eigenvalue weighted by Gasteiger charge is -2.35. The molecule has 11 rings (SSSR count). The van der Waals surface area contributed by atoms with Crippen LogP contribution in [0.4, 0.5) is 36.7 Å². The Balaban J connectivity index is 0.000000234. The van der Waals surface area contributed by atoms with Gasteiger partial charge in [-0.15, -0.1) is 0 Å². The number of aromatic nitrogens is 2. The van der Waals surface area contributed by atoms with Crippen molar-refractivity contribution < 1.29 is 91.0 Å². The minimum absolute atomic E-state index is 0.0382. The average Bonchev–Trinajstić information content (AvgIpc) is 1.80. The van der Waals surface area contributed by atoms with Gasteiger partial charge in [0.25, 0.3) is 0 Å². The molecule has 0 aliphatic heterocycles. The van der Waals surface area contributed by atoms with Crippen molar-refractivity contribution in [2.75, 3.05) is 67.8 Å². The molecule has 0 radical (unpaired) electrons. The number of nitrogens with zero attached hydrogens (tertiary/aromatic N) is 5. The van der Waals surface area contributed by atoms with Crippen LogP contribution >= 0.6 is 0 Å². The first kappa shape index (κ1) is 92.2. The van der Waals surface area contributed by atoms with Crippen molar-refractivity contribution in [3.8, 4) is 0 Å². The second-order valence-corrected chi connectivity index (χ2v) is 29.6. The normalized spacial score (nSPS) is 16.2. The van der Waals surface area contributed by atoms with Crippen molar-refractivity contribution in [2.24, 2.45) is 5.92 Å². The van der Waals surface area contributed by atoms with E-state index in [4.69, 9.17) is 19.9 Å². The number of anilines is 1. The molecule has 1 saturated carbocycles. The van der Waals surface area contributed by atoms with Crippen molar-refractivity contribution >= 4 is 79.2 Å². The number of ether oxygens (including phenoxy) is 4. The number of esters is 3. The van der Waals surface area contributed by atoms with E-state index < -0.39 is 33.3 Å². The number of hydrogen-bond donors (Lipinski definition) is 1. The smallest absolute Gasteiger partial charge is 0.465 e. The lowest BCUT2D eigenvalue weighted by Crippen LogP contribution is -2.46. The Morgan fingerprint density at radius 1 is 0.532 bits per heavy atom. The number of carbonyl (C=O) groups is 6. The summed E-state index contributed by atoms with van der Waals surface area (Å²) in [5.74, 6) is -2.76. The predicted molar refractivity (Wildman–Crippen MR) is 415 cm³/mol. The largest absolute Gasteiger partial charge is 0.534 e. The molecule has 111 heavy (non-hydrogen) atoms. The summed E-state index contributed by atoms with van der Waals surface area (Å²) in [7, 11) is 6.08. The van der Waals surface area contributed by atoms with Crippen LogP contribution in [0.15, 0.2) is 150 Å². The maximum Gasteiger partial charge on any atom is 0.534 e. The van der Waals surface area contributed by atoms with Gasteiger partial charge in [-0.3, -0.25) is 29.0 Å². The Kier molecular flexibility index (Phi) is 37.0. The Morgan fingerprint density at radius 3 is 1.33 bits per heavy atom. The van der Waals surface area contributed by atoms with Crippen LogP contribution in [0, 0.1) is 29.2 Å². The van der Waals surface area contributed by atoms with Gasteiger partial charge in [-0.1, -0.05) is 48.5 Å². The summed E-state index contributed by atoms with van der Waals surface area (Å²) in [6, 6.07) is 27.5. The fourth-order valence-electron chi connectivity index (χ4n) is 12.8. The molecule has 4 aromatic carbocycles. The molecule has 1 unspecified atom stereocenters. The van der Waals surface area contributed by atoms with Crippen molar-refractivity contribution in [1.29, 1.82) is 0 Å². The average molecular weight is 1570 g/mol. The third-order valence-electron chi connectivity index (χ3n) is 17.8. The standard InChI is InChI=1S/C16H18FNO.C15H14FN3.C14H15FO2.C13H13FO.C9H11F3O5S.C9H22N2O.C8H12O3/c1-18(2)11-10-16(19)15-5-3-4-14(15)12-6-8-13(17)9-7-12;16-11-6-4-10(5-7-11)12-2-1-3-13(12)14-8-9-18-15(17)19-14;1-2-17-14(16)13-5-3-4-12(13)10-6-8-11(15)9-7-10;1-9(15)12-3-2-4-13(12)10-5-7-11(14)8-6-10;1-2-16-8(13)6-4-3-5-7(6)17-18(14,15)9(10,11)12;1-9(2,3)12-8(10(4)5)11(6)7;1-2-11-8(10)6-4-3-5-7(6)9/h6-11H,3-5H2,1-2H3;4-9H,1-3H2,(H2,17,18,19);6-9H,2-5H2,1H3;5-8H,2-4H2,1H3;2-5H2,1H3;8H,1-7H3;6H,2-5H2,1H3/b11-10+;;;;;;. The van der Waals surface area contributed by atoms with Gasteiger partial charge < -0.3 is 33.8 Å². The molecule has 0 amide bonds. The zero-order valence-electron chi connectivity index (χ0n) is 65.7. The topological polar surface area (TPSA) is 244 Å². The zero-order valence-corrected chi connectivity index (χ0v) is 66.5. The molecule has 6 aliphatic carbocycles. The van der Waals surface area contributed by atoms with Gasteiger partial charge in [0.05, 0.1) is 36.7 Å².